The smallest absolute Gasteiger partial charge is 0.299 e. The minimum atomic E-state index is -3.32. The van der Waals surface area contributed by atoms with E-state index in [1.165, 1.54) is 6.08 Å². The summed E-state index contributed by atoms with van der Waals surface area (Å²) in [6.07, 6.45) is 3.64. The zero-order valence-corrected chi connectivity index (χ0v) is 20.1. The molecule has 3 saturated carbocycles. The number of aromatic nitrogens is 4. The summed E-state index contributed by atoms with van der Waals surface area (Å²) in [5, 5.41) is 11.6. The first-order valence-electron chi connectivity index (χ1n) is 11.8. The zero-order chi connectivity index (χ0) is 26.2. The van der Waals surface area contributed by atoms with Gasteiger partial charge in [0.25, 0.3) is 17.8 Å². The molecular formula is C25H23F2N7O3. The van der Waals surface area contributed by atoms with Gasteiger partial charge in [-0.15, -0.1) is 0 Å². The van der Waals surface area contributed by atoms with Crippen molar-refractivity contribution in [3.63, 3.8) is 0 Å². The molecule has 12 heteroatoms. The summed E-state index contributed by atoms with van der Waals surface area (Å²) in [4.78, 5) is 25.0. The maximum atomic E-state index is 14.9. The number of hydrogen-bond donors (Lipinski definition) is 2. The first-order chi connectivity index (χ1) is 17.6. The summed E-state index contributed by atoms with van der Waals surface area (Å²) in [6.45, 7) is 4.84. The zero-order valence-electron chi connectivity index (χ0n) is 20.1. The highest BCUT2D eigenvalue weighted by molar-refractivity contribution is 5.89. The molecule has 4 aliphatic rings. The number of amides is 1. The van der Waals surface area contributed by atoms with E-state index in [4.69, 9.17) is 20.5 Å². The number of halogens is 2. The first-order valence-corrected chi connectivity index (χ1v) is 11.8. The van der Waals surface area contributed by atoms with Crippen molar-refractivity contribution in [2.24, 2.45) is 11.1 Å². The van der Waals surface area contributed by atoms with Gasteiger partial charge in [0.05, 0.1) is 12.7 Å². The van der Waals surface area contributed by atoms with E-state index in [1.54, 1.807) is 6.08 Å². The minimum Gasteiger partial charge on any atom is -0.465 e. The summed E-state index contributed by atoms with van der Waals surface area (Å²) in [5.41, 5.74) is 4.95. The minimum absolute atomic E-state index is 0.0840. The predicted octanol–water partition coefficient (Wildman–Crippen LogP) is 3.62. The molecular weight excluding hydrogens is 484 g/mol. The van der Waals surface area contributed by atoms with Crippen LogP contribution in [0.5, 0.6) is 17.6 Å². The number of carbonyl (C=O) groups is 1. The first kappa shape index (κ1) is 23.1. The summed E-state index contributed by atoms with van der Waals surface area (Å²) in [5.74, 6) is -3.72. The molecule has 3 fully saturated rings. The predicted molar refractivity (Wildman–Crippen MR) is 128 cm³/mol. The van der Waals surface area contributed by atoms with Crippen LogP contribution in [0.1, 0.15) is 36.0 Å². The van der Waals surface area contributed by atoms with Crippen molar-refractivity contribution in [2.75, 3.05) is 11.9 Å². The Morgan fingerprint density at radius 1 is 1.27 bits per heavy atom. The molecule has 3 N–H and O–H groups in total. The van der Waals surface area contributed by atoms with Crippen LogP contribution in [0.25, 0.3) is 17.2 Å². The van der Waals surface area contributed by atoms with Gasteiger partial charge in [-0.1, -0.05) is 0 Å². The van der Waals surface area contributed by atoms with E-state index in [0.29, 0.717) is 30.4 Å². The van der Waals surface area contributed by atoms with Gasteiger partial charge in [-0.2, -0.15) is 20.2 Å². The molecule has 3 aliphatic carbocycles. The van der Waals surface area contributed by atoms with E-state index in [-0.39, 0.29) is 30.3 Å². The molecule has 0 radical (unpaired) electrons. The number of allylic oxidation sites excluding steroid dienone is 1. The van der Waals surface area contributed by atoms with Gasteiger partial charge in [-0.25, -0.2) is 8.78 Å². The molecule has 1 aliphatic heterocycles. The Labute approximate surface area is 210 Å². The van der Waals surface area contributed by atoms with E-state index >= 15 is 0 Å². The molecule has 37 heavy (non-hydrogen) atoms. The van der Waals surface area contributed by atoms with Crippen molar-refractivity contribution >= 4 is 29.1 Å². The van der Waals surface area contributed by atoms with Gasteiger partial charge in [0.2, 0.25) is 11.9 Å². The number of benzene rings is 1. The standard InChI is InChI=1S/C25H23F2N7O3/c1-13-9-15(5-3-6-28)10-14(2)17(13)37-19-16-18(31-22-34(16)7-4-8-36-22)30-21(32-19)33-24-11-23(12-24,20(29)35)25(24,26)27/h3,5,9-10H,4,7-8,11-12H2,1-2H3,(H2,29,35)(H,30,32,33)/b5-3+. The quantitative estimate of drug-likeness (QED) is 0.482. The SMILES string of the molecule is Cc1cc(/C=C/C#N)cc(C)c1Oc1nc(NC23CC(C(N)=O)(C2)C3(F)F)nc2nc3n(c12)CCCO3. The highest BCUT2D eigenvalue weighted by atomic mass is 19.3. The normalized spacial score (nSPS) is 24.9. The lowest BCUT2D eigenvalue weighted by Crippen LogP contribution is -2.89. The van der Waals surface area contributed by atoms with Crippen LogP contribution < -0.4 is 20.5 Å². The van der Waals surface area contributed by atoms with Crippen LogP contribution in [0.3, 0.4) is 0 Å². The van der Waals surface area contributed by atoms with Crippen LogP contribution in [-0.2, 0) is 11.3 Å². The number of alkyl halides is 2. The second-order valence-corrected chi connectivity index (χ2v) is 9.90. The van der Waals surface area contributed by atoms with Crippen LogP contribution in [0, 0.1) is 30.6 Å². The number of nitriles is 1. The Hall–Kier alpha value is -4.27. The third-order valence-electron chi connectivity index (χ3n) is 7.56. The summed E-state index contributed by atoms with van der Waals surface area (Å²) in [7, 11) is 0. The fourth-order valence-electron chi connectivity index (χ4n) is 5.66. The van der Waals surface area contributed by atoms with Crippen molar-refractivity contribution in [1.29, 1.82) is 5.26 Å². The molecule has 190 valence electrons. The molecule has 2 bridgehead atoms. The van der Waals surface area contributed by atoms with Gasteiger partial charge in [-0.05, 0) is 68.0 Å². The Morgan fingerprint density at radius 3 is 2.65 bits per heavy atom. The summed E-state index contributed by atoms with van der Waals surface area (Å²) >= 11 is 0. The van der Waals surface area contributed by atoms with Crippen molar-refractivity contribution in [1.82, 2.24) is 19.5 Å². The molecule has 3 aromatic rings. The van der Waals surface area contributed by atoms with Crippen molar-refractivity contribution in [3.05, 3.63) is 34.9 Å². The average Bonchev–Trinajstić information content (AvgIpc) is 3.20. The van der Waals surface area contributed by atoms with E-state index < -0.39 is 22.8 Å². The number of aryl methyl sites for hydroxylation is 3. The molecule has 10 nitrogen and oxygen atoms in total. The van der Waals surface area contributed by atoms with Crippen LogP contribution in [-0.4, -0.2) is 43.5 Å². The molecule has 0 saturated heterocycles. The molecule has 0 spiro atoms. The lowest BCUT2D eigenvalue weighted by Gasteiger charge is -2.73. The second kappa shape index (κ2) is 7.61. The fourth-order valence-corrected chi connectivity index (χ4v) is 5.66. The topological polar surface area (TPSA) is 141 Å². The molecule has 7 rings (SSSR count). The van der Waals surface area contributed by atoms with Gasteiger partial charge >= 0.3 is 0 Å². The number of nitrogens with one attached hydrogen (secondary N) is 1. The molecule has 1 amide bonds. The van der Waals surface area contributed by atoms with Crippen LogP contribution in [0.4, 0.5) is 14.7 Å². The van der Waals surface area contributed by atoms with E-state index in [0.717, 1.165) is 23.1 Å². The molecule has 2 aromatic heterocycles. The molecule has 3 heterocycles. The van der Waals surface area contributed by atoms with Crippen molar-refractivity contribution in [2.45, 2.75) is 51.1 Å². The number of imidazole rings is 1. The van der Waals surface area contributed by atoms with E-state index in [1.807, 2.05) is 36.6 Å². The highest BCUT2D eigenvalue weighted by Crippen LogP contribution is 2.76. The number of hydrogen-bond acceptors (Lipinski definition) is 8. The van der Waals surface area contributed by atoms with Gasteiger partial charge < -0.3 is 20.5 Å². The van der Waals surface area contributed by atoms with Crippen LogP contribution >= 0.6 is 0 Å². The number of anilines is 1. The molecule has 0 atom stereocenters. The Bertz CT molecular complexity index is 1530. The monoisotopic (exact) mass is 507 g/mol. The van der Waals surface area contributed by atoms with Crippen LogP contribution in [0.15, 0.2) is 18.2 Å². The van der Waals surface area contributed by atoms with Gasteiger partial charge in [0.15, 0.2) is 11.2 Å². The largest absolute Gasteiger partial charge is 0.465 e. The van der Waals surface area contributed by atoms with E-state index in [9.17, 15) is 13.6 Å². The Kier molecular flexibility index (Phi) is 4.76. The van der Waals surface area contributed by atoms with Crippen molar-refractivity contribution in [3.8, 4) is 23.7 Å². The Balaban J connectivity index is 1.41. The van der Waals surface area contributed by atoms with E-state index in [2.05, 4.69) is 20.3 Å². The fraction of sp³-hybridized carbons (Fsp3) is 0.400. The van der Waals surface area contributed by atoms with Gasteiger partial charge in [0.1, 0.15) is 16.7 Å². The number of rotatable bonds is 6. The number of fused-ring (bicyclic) bond motifs is 3. The Morgan fingerprint density at radius 2 is 2.00 bits per heavy atom. The lowest BCUT2D eigenvalue weighted by atomic mass is 9.36. The third kappa shape index (κ3) is 3.06. The average molecular weight is 508 g/mol. The maximum Gasteiger partial charge on any atom is 0.299 e. The maximum absolute atomic E-state index is 14.9. The number of ether oxygens (including phenoxy) is 2. The van der Waals surface area contributed by atoms with Crippen LogP contribution in [0.2, 0.25) is 0 Å². The number of nitrogens with two attached hydrogens (primary N) is 1. The highest BCUT2D eigenvalue weighted by Gasteiger charge is 2.91. The summed E-state index contributed by atoms with van der Waals surface area (Å²) in [6, 6.07) is 6.06. The summed E-state index contributed by atoms with van der Waals surface area (Å²) < 4.78 is 43.6. The lowest BCUT2D eigenvalue weighted by molar-refractivity contribution is -0.332. The number of carbonyl (C=O) groups excluding carboxylic acids is 1. The number of primary amides is 1. The molecule has 1 aromatic carbocycles. The van der Waals surface area contributed by atoms with Gasteiger partial charge in [-0.3, -0.25) is 9.36 Å². The van der Waals surface area contributed by atoms with Crippen molar-refractivity contribution < 1.29 is 23.0 Å². The second-order valence-electron chi connectivity index (χ2n) is 9.90. The van der Waals surface area contributed by atoms with Gasteiger partial charge in [0, 0.05) is 12.6 Å². The number of nitrogens with zero attached hydrogens (tertiary/aromatic N) is 5. The molecule has 0 unspecified atom stereocenters. The third-order valence-corrected chi connectivity index (χ3v) is 7.56.